The molecule has 2 rings (SSSR count). The highest BCUT2D eigenvalue weighted by Gasteiger charge is 2.13. The average Bonchev–Trinajstić information content (AvgIpc) is 2.56. The number of hydrogen-bond acceptors (Lipinski definition) is 5. The number of aryl methyl sites for hydroxylation is 2. The zero-order chi connectivity index (χ0) is 18.6. The quantitative estimate of drug-likeness (QED) is 0.587. The lowest BCUT2D eigenvalue weighted by Crippen LogP contribution is -2.30. The molecule has 25 heavy (non-hydrogen) atoms. The molecule has 0 radical (unpaired) electrons. The summed E-state index contributed by atoms with van der Waals surface area (Å²) in [5, 5.41) is 12.0. The molecule has 0 unspecified atom stereocenters. The van der Waals surface area contributed by atoms with Gasteiger partial charge in [-0.05, 0) is 44.9 Å². The molecule has 1 aromatic carbocycles. The van der Waals surface area contributed by atoms with Crippen LogP contribution in [0.25, 0.3) is 11.0 Å². The van der Waals surface area contributed by atoms with Gasteiger partial charge in [0.1, 0.15) is 11.3 Å². The van der Waals surface area contributed by atoms with Crippen molar-refractivity contribution in [2.75, 3.05) is 13.2 Å². The van der Waals surface area contributed by atoms with E-state index in [9.17, 15) is 14.4 Å². The molecule has 7 nitrogen and oxygen atoms in total. The molecule has 2 N–H and O–H groups in total. The van der Waals surface area contributed by atoms with Gasteiger partial charge in [0, 0.05) is 29.5 Å². The number of nitrogens with one attached hydrogen (secondary N) is 1. The fourth-order valence-corrected chi connectivity index (χ4v) is 2.44. The summed E-state index contributed by atoms with van der Waals surface area (Å²) in [5.41, 5.74) is 2.14. The molecule has 1 aromatic heterocycles. The molecule has 0 fully saturated rings. The van der Waals surface area contributed by atoms with Gasteiger partial charge in [-0.15, -0.1) is 0 Å². The first-order chi connectivity index (χ1) is 11.8. The number of amides is 1. The highest BCUT2D eigenvalue weighted by Crippen LogP contribution is 2.29. The largest absolute Gasteiger partial charge is 0.483 e. The van der Waals surface area contributed by atoms with Gasteiger partial charge in [-0.3, -0.25) is 9.59 Å². The van der Waals surface area contributed by atoms with Crippen LogP contribution in [0, 0.1) is 20.8 Å². The summed E-state index contributed by atoms with van der Waals surface area (Å²) in [6.45, 7) is 5.42. The van der Waals surface area contributed by atoms with Crippen molar-refractivity contribution in [1.29, 1.82) is 0 Å². The number of carbonyl (C=O) groups is 2. The van der Waals surface area contributed by atoms with E-state index in [0.717, 1.165) is 10.9 Å². The van der Waals surface area contributed by atoms with Crippen LogP contribution in [0.3, 0.4) is 0 Å². The van der Waals surface area contributed by atoms with E-state index in [4.69, 9.17) is 14.3 Å². The molecule has 0 aliphatic heterocycles. The normalized spacial score (nSPS) is 10.7. The van der Waals surface area contributed by atoms with Gasteiger partial charge in [0.25, 0.3) is 5.91 Å². The zero-order valence-electron chi connectivity index (χ0n) is 14.5. The maximum Gasteiger partial charge on any atom is 0.339 e. The van der Waals surface area contributed by atoms with Crippen molar-refractivity contribution in [3.63, 3.8) is 0 Å². The van der Waals surface area contributed by atoms with Crippen LogP contribution in [0.15, 0.2) is 21.3 Å². The molecular weight excluding hydrogens is 326 g/mol. The Balaban J connectivity index is 2.06. The van der Waals surface area contributed by atoms with Gasteiger partial charge in [0.15, 0.2) is 6.61 Å². The van der Waals surface area contributed by atoms with Crippen molar-refractivity contribution in [3.05, 3.63) is 39.2 Å². The fraction of sp³-hybridized carbons (Fsp3) is 0.389. The molecule has 0 bridgehead atoms. The third kappa shape index (κ3) is 4.37. The summed E-state index contributed by atoms with van der Waals surface area (Å²) < 4.78 is 10.9. The Morgan fingerprint density at radius 3 is 2.56 bits per heavy atom. The van der Waals surface area contributed by atoms with Gasteiger partial charge in [0.05, 0.1) is 0 Å². The number of carboxylic acids is 1. The third-order valence-electron chi connectivity index (χ3n) is 4.07. The van der Waals surface area contributed by atoms with E-state index in [1.807, 2.05) is 6.92 Å². The van der Waals surface area contributed by atoms with Crippen molar-refractivity contribution in [2.45, 2.75) is 33.6 Å². The molecule has 2 aromatic rings. The van der Waals surface area contributed by atoms with Crippen LogP contribution < -0.4 is 15.7 Å². The minimum atomic E-state index is -0.899. The van der Waals surface area contributed by atoms with E-state index in [-0.39, 0.29) is 31.1 Å². The molecule has 1 heterocycles. The van der Waals surface area contributed by atoms with Crippen LogP contribution in [0.2, 0.25) is 0 Å². The summed E-state index contributed by atoms with van der Waals surface area (Å²) >= 11 is 0. The lowest BCUT2D eigenvalue weighted by molar-refractivity contribution is -0.137. The van der Waals surface area contributed by atoms with E-state index >= 15 is 0 Å². The molecule has 0 saturated heterocycles. The van der Waals surface area contributed by atoms with Gasteiger partial charge < -0.3 is 19.6 Å². The number of benzene rings is 1. The number of fused-ring (bicyclic) bond motifs is 1. The first kappa shape index (κ1) is 18.5. The molecule has 0 saturated carbocycles. The van der Waals surface area contributed by atoms with Crippen LogP contribution >= 0.6 is 0 Å². The smallest absolute Gasteiger partial charge is 0.339 e. The Morgan fingerprint density at radius 2 is 1.88 bits per heavy atom. The Hall–Kier alpha value is -2.83. The molecule has 134 valence electrons. The predicted molar refractivity (Wildman–Crippen MR) is 92.1 cm³/mol. The summed E-state index contributed by atoms with van der Waals surface area (Å²) in [6.07, 6.45) is 0.364. The zero-order valence-corrected chi connectivity index (χ0v) is 14.5. The lowest BCUT2D eigenvalue weighted by atomic mass is 10.0. The van der Waals surface area contributed by atoms with Crippen molar-refractivity contribution in [3.8, 4) is 5.75 Å². The van der Waals surface area contributed by atoms with Crippen molar-refractivity contribution in [2.24, 2.45) is 0 Å². The van der Waals surface area contributed by atoms with Crippen molar-refractivity contribution < 1.29 is 23.8 Å². The second-order valence-electron chi connectivity index (χ2n) is 5.84. The topological polar surface area (TPSA) is 106 Å². The number of carbonyl (C=O) groups excluding carboxylic acids is 1. The standard InChI is InChI=1S/C18H21NO6/c1-10-11(2)18(23)25-17-12(3)14(7-6-13(10)17)24-9-15(20)19-8-4-5-16(21)22/h6-7H,4-5,8-9H2,1-3H3,(H,19,20)(H,21,22). The SMILES string of the molecule is Cc1c(C)c2ccc(OCC(=O)NCCCC(=O)O)c(C)c2oc1=O. The minimum absolute atomic E-state index is 0.00270. The minimum Gasteiger partial charge on any atom is -0.483 e. The second kappa shape index (κ2) is 7.83. The van der Waals surface area contributed by atoms with Crippen LogP contribution in [-0.2, 0) is 9.59 Å². The lowest BCUT2D eigenvalue weighted by Gasteiger charge is -2.12. The first-order valence-corrected chi connectivity index (χ1v) is 7.96. The van der Waals surface area contributed by atoms with E-state index in [1.165, 1.54) is 0 Å². The van der Waals surface area contributed by atoms with Gasteiger partial charge in [0.2, 0.25) is 0 Å². The molecule has 0 atom stereocenters. The van der Waals surface area contributed by atoms with E-state index < -0.39 is 5.97 Å². The van der Waals surface area contributed by atoms with Gasteiger partial charge in [-0.1, -0.05) is 0 Å². The number of aliphatic carboxylic acids is 1. The van der Waals surface area contributed by atoms with E-state index in [1.54, 1.807) is 26.0 Å². The number of hydrogen-bond donors (Lipinski definition) is 2. The molecule has 0 spiro atoms. The number of rotatable bonds is 7. The fourth-order valence-electron chi connectivity index (χ4n) is 2.44. The molecule has 0 aliphatic rings. The van der Waals surface area contributed by atoms with Crippen LogP contribution in [0.1, 0.15) is 29.5 Å². The summed E-state index contributed by atoms with van der Waals surface area (Å²) in [7, 11) is 0. The maximum atomic E-state index is 11.9. The van der Waals surface area contributed by atoms with Crippen LogP contribution in [0.4, 0.5) is 0 Å². The summed E-state index contributed by atoms with van der Waals surface area (Å²) in [4.78, 5) is 34.0. The van der Waals surface area contributed by atoms with Crippen molar-refractivity contribution in [1.82, 2.24) is 5.32 Å². The van der Waals surface area contributed by atoms with Gasteiger partial charge >= 0.3 is 11.6 Å². The number of ether oxygens (including phenoxy) is 1. The Labute approximate surface area is 144 Å². The summed E-state index contributed by atoms with van der Waals surface area (Å²) in [5.74, 6) is -0.782. The average molecular weight is 347 g/mol. The van der Waals surface area contributed by atoms with E-state index in [2.05, 4.69) is 5.32 Å². The molecular formula is C18H21NO6. The predicted octanol–water partition coefficient (Wildman–Crippen LogP) is 2.08. The highest BCUT2D eigenvalue weighted by atomic mass is 16.5. The van der Waals surface area contributed by atoms with E-state index in [0.29, 0.717) is 28.9 Å². The Kier molecular flexibility index (Phi) is 5.80. The number of carboxylic acid groups (broad SMARTS) is 1. The Bertz CT molecular complexity index is 868. The van der Waals surface area contributed by atoms with Gasteiger partial charge in [-0.25, -0.2) is 4.79 Å². The van der Waals surface area contributed by atoms with Crippen molar-refractivity contribution >= 4 is 22.8 Å². The molecule has 1 amide bonds. The first-order valence-electron chi connectivity index (χ1n) is 7.96. The molecule has 0 aliphatic carbocycles. The summed E-state index contributed by atoms with van der Waals surface area (Å²) in [6, 6.07) is 3.54. The highest BCUT2D eigenvalue weighted by molar-refractivity contribution is 5.85. The molecule has 7 heteroatoms. The van der Waals surface area contributed by atoms with Gasteiger partial charge in [-0.2, -0.15) is 0 Å². The maximum absolute atomic E-state index is 11.9. The Morgan fingerprint density at radius 1 is 1.16 bits per heavy atom. The van der Waals surface area contributed by atoms with Crippen LogP contribution in [0.5, 0.6) is 5.75 Å². The monoisotopic (exact) mass is 347 g/mol. The third-order valence-corrected chi connectivity index (χ3v) is 4.07. The van der Waals surface area contributed by atoms with Crippen LogP contribution in [-0.4, -0.2) is 30.1 Å². The second-order valence-corrected chi connectivity index (χ2v) is 5.84.